The van der Waals surface area contributed by atoms with Gasteiger partial charge in [-0.3, -0.25) is 25.2 Å². The molecule has 7 heteroatoms. The second kappa shape index (κ2) is 8.41. The van der Waals surface area contributed by atoms with Crippen molar-refractivity contribution in [2.75, 3.05) is 0 Å². The minimum Gasteiger partial charge on any atom is -0.273 e. The molecule has 0 fully saturated rings. The van der Waals surface area contributed by atoms with Gasteiger partial charge in [0.25, 0.3) is 11.5 Å². The van der Waals surface area contributed by atoms with E-state index in [0.717, 1.165) is 19.3 Å². The summed E-state index contributed by atoms with van der Waals surface area (Å²) in [5.74, 6) is -1.10. The van der Waals surface area contributed by atoms with Crippen LogP contribution < -0.4 is 16.4 Å². The van der Waals surface area contributed by atoms with Gasteiger partial charge >= 0.3 is 0 Å². The lowest BCUT2D eigenvalue weighted by Gasteiger charge is -2.12. The number of hydrazine groups is 1. The number of unbranched alkanes of at least 4 members (excludes halogenated alkanes) is 2. The summed E-state index contributed by atoms with van der Waals surface area (Å²) in [6.07, 6.45) is 2.82. The van der Waals surface area contributed by atoms with Crippen LogP contribution in [0.1, 0.15) is 50.5 Å². The Labute approximate surface area is 146 Å². The zero-order valence-electron chi connectivity index (χ0n) is 14.8. The van der Waals surface area contributed by atoms with Crippen LogP contribution in [0.5, 0.6) is 0 Å². The van der Waals surface area contributed by atoms with E-state index in [4.69, 9.17) is 0 Å². The number of nitrogens with one attached hydrogen (secondary N) is 2. The van der Waals surface area contributed by atoms with Crippen molar-refractivity contribution in [1.29, 1.82) is 0 Å². The van der Waals surface area contributed by atoms with Crippen molar-refractivity contribution in [3.8, 4) is 0 Å². The monoisotopic (exact) mass is 344 g/mol. The molecule has 1 heterocycles. The summed E-state index contributed by atoms with van der Waals surface area (Å²) in [6.45, 7) is 5.98. The van der Waals surface area contributed by atoms with Crippen LogP contribution >= 0.6 is 0 Å². The van der Waals surface area contributed by atoms with E-state index >= 15 is 0 Å². The third-order valence-electron chi connectivity index (χ3n) is 3.88. The first-order valence-electron chi connectivity index (χ1n) is 8.55. The summed E-state index contributed by atoms with van der Waals surface area (Å²) in [4.78, 5) is 36.7. The minimum atomic E-state index is -0.547. The zero-order valence-corrected chi connectivity index (χ0v) is 14.8. The predicted molar refractivity (Wildman–Crippen MR) is 96.0 cm³/mol. The minimum absolute atomic E-state index is 0.121. The second-order valence-electron chi connectivity index (χ2n) is 6.23. The van der Waals surface area contributed by atoms with Gasteiger partial charge in [0.15, 0.2) is 5.69 Å². The molecular weight excluding hydrogens is 320 g/mol. The maximum absolute atomic E-state index is 12.6. The fourth-order valence-corrected chi connectivity index (χ4v) is 2.39. The van der Waals surface area contributed by atoms with Crippen LogP contribution in [0.2, 0.25) is 0 Å². The van der Waals surface area contributed by atoms with Crippen molar-refractivity contribution in [3.05, 3.63) is 40.3 Å². The quantitative estimate of drug-likeness (QED) is 0.619. The summed E-state index contributed by atoms with van der Waals surface area (Å²) < 4.78 is 1.33. The lowest BCUT2D eigenvalue weighted by molar-refractivity contribution is -0.124. The van der Waals surface area contributed by atoms with E-state index in [9.17, 15) is 14.4 Å². The van der Waals surface area contributed by atoms with Gasteiger partial charge in [-0.1, -0.05) is 51.8 Å². The summed E-state index contributed by atoms with van der Waals surface area (Å²) in [6, 6.07) is 6.86. The fraction of sp³-hybridized carbons (Fsp3) is 0.444. The van der Waals surface area contributed by atoms with E-state index in [-0.39, 0.29) is 23.1 Å². The predicted octanol–water partition coefficient (Wildman–Crippen LogP) is 2.00. The van der Waals surface area contributed by atoms with Gasteiger partial charge < -0.3 is 0 Å². The van der Waals surface area contributed by atoms with Gasteiger partial charge in [0.1, 0.15) is 0 Å². The summed E-state index contributed by atoms with van der Waals surface area (Å²) in [5.41, 5.74) is 4.64. The van der Waals surface area contributed by atoms with E-state index in [1.807, 2.05) is 0 Å². The highest BCUT2D eigenvalue weighted by Gasteiger charge is 2.17. The Hall–Kier alpha value is -2.70. The molecule has 0 radical (unpaired) electrons. The van der Waals surface area contributed by atoms with Crippen molar-refractivity contribution < 1.29 is 9.59 Å². The standard InChI is InChI=1S/C18H24N4O3/c1-4-5-8-11-22-18(25)14-10-7-6-9-13(14)15(21-22)17(24)20-19-16(23)12(2)3/h6-7,9-10,12H,4-5,8,11H2,1-3H3,(H,19,23)(H,20,24). The van der Waals surface area contributed by atoms with E-state index < -0.39 is 5.91 Å². The number of rotatable bonds is 6. The Balaban J connectivity index is 2.36. The number of fused-ring (bicyclic) bond motifs is 1. The lowest BCUT2D eigenvalue weighted by Crippen LogP contribution is -2.44. The average molecular weight is 344 g/mol. The van der Waals surface area contributed by atoms with Crippen LogP contribution in [0, 0.1) is 5.92 Å². The highest BCUT2D eigenvalue weighted by molar-refractivity contribution is 6.05. The van der Waals surface area contributed by atoms with Gasteiger partial charge in [-0.2, -0.15) is 5.10 Å². The van der Waals surface area contributed by atoms with Crippen molar-refractivity contribution >= 4 is 22.6 Å². The van der Waals surface area contributed by atoms with Gasteiger partial charge in [0, 0.05) is 17.8 Å². The zero-order chi connectivity index (χ0) is 18.4. The van der Waals surface area contributed by atoms with Crippen LogP contribution in [-0.4, -0.2) is 21.6 Å². The number of nitrogens with zero attached hydrogens (tertiary/aromatic N) is 2. The third kappa shape index (κ3) is 4.43. The highest BCUT2D eigenvalue weighted by Crippen LogP contribution is 2.13. The molecule has 2 N–H and O–H groups in total. The largest absolute Gasteiger partial charge is 0.290 e. The second-order valence-corrected chi connectivity index (χ2v) is 6.23. The fourth-order valence-electron chi connectivity index (χ4n) is 2.39. The number of carbonyl (C=O) groups excluding carboxylic acids is 2. The van der Waals surface area contributed by atoms with Crippen LogP contribution in [0.3, 0.4) is 0 Å². The van der Waals surface area contributed by atoms with E-state index in [2.05, 4.69) is 22.9 Å². The maximum Gasteiger partial charge on any atom is 0.290 e. The first-order chi connectivity index (χ1) is 12.0. The van der Waals surface area contributed by atoms with Crippen LogP contribution in [0.15, 0.2) is 29.1 Å². The molecule has 134 valence electrons. The van der Waals surface area contributed by atoms with Gasteiger partial charge in [-0.15, -0.1) is 0 Å². The Morgan fingerprint density at radius 1 is 1.12 bits per heavy atom. The van der Waals surface area contributed by atoms with Gasteiger partial charge in [-0.25, -0.2) is 4.68 Å². The molecule has 0 saturated heterocycles. The number of hydrogen-bond acceptors (Lipinski definition) is 4. The van der Waals surface area contributed by atoms with E-state index in [1.165, 1.54) is 4.68 Å². The Kier molecular flexibility index (Phi) is 6.27. The van der Waals surface area contributed by atoms with Crippen molar-refractivity contribution in [2.24, 2.45) is 5.92 Å². The molecule has 0 unspecified atom stereocenters. The SMILES string of the molecule is CCCCCn1nc(C(=O)NNC(=O)C(C)C)c2ccccc2c1=O. The van der Waals surface area contributed by atoms with E-state index in [1.54, 1.807) is 38.1 Å². The highest BCUT2D eigenvalue weighted by atomic mass is 16.2. The van der Waals surface area contributed by atoms with Gasteiger partial charge in [0.05, 0.1) is 5.39 Å². The normalized spacial score (nSPS) is 10.9. The number of hydrogen-bond donors (Lipinski definition) is 2. The topological polar surface area (TPSA) is 93.1 Å². The molecule has 0 spiro atoms. The summed E-state index contributed by atoms with van der Waals surface area (Å²) in [5, 5.41) is 5.14. The summed E-state index contributed by atoms with van der Waals surface area (Å²) in [7, 11) is 0. The third-order valence-corrected chi connectivity index (χ3v) is 3.88. The molecule has 25 heavy (non-hydrogen) atoms. The number of carbonyl (C=O) groups is 2. The van der Waals surface area contributed by atoms with Gasteiger partial charge in [-0.05, 0) is 12.5 Å². The van der Waals surface area contributed by atoms with Crippen molar-refractivity contribution in [1.82, 2.24) is 20.6 Å². The molecule has 0 saturated carbocycles. The van der Waals surface area contributed by atoms with E-state index in [0.29, 0.717) is 17.3 Å². The molecule has 0 aliphatic heterocycles. The molecule has 0 aliphatic rings. The van der Waals surface area contributed by atoms with Crippen molar-refractivity contribution in [2.45, 2.75) is 46.6 Å². The molecule has 2 aromatic rings. The molecule has 0 atom stereocenters. The van der Waals surface area contributed by atoms with Crippen LogP contribution in [0.25, 0.3) is 10.8 Å². The van der Waals surface area contributed by atoms with Gasteiger partial charge in [0.2, 0.25) is 5.91 Å². The molecule has 0 bridgehead atoms. The molecule has 0 aliphatic carbocycles. The van der Waals surface area contributed by atoms with Crippen LogP contribution in [-0.2, 0) is 11.3 Å². The molecule has 2 rings (SSSR count). The molecular formula is C18H24N4O3. The average Bonchev–Trinajstić information content (AvgIpc) is 2.61. The number of aromatic nitrogens is 2. The molecule has 1 aromatic carbocycles. The Morgan fingerprint density at radius 2 is 1.80 bits per heavy atom. The first kappa shape index (κ1) is 18.6. The molecule has 7 nitrogen and oxygen atoms in total. The van der Waals surface area contributed by atoms with Crippen LogP contribution in [0.4, 0.5) is 0 Å². The first-order valence-corrected chi connectivity index (χ1v) is 8.55. The lowest BCUT2D eigenvalue weighted by atomic mass is 10.1. The number of benzene rings is 1. The maximum atomic E-state index is 12.6. The van der Waals surface area contributed by atoms with Crippen molar-refractivity contribution in [3.63, 3.8) is 0 Å². The Morgan fingerprint density at radius 3 is 2.44 bits per heavy atom. The summed E-state index contributed by atoms with van der Waals surface area (Å²) >= 11 is 0. The molecule has 2 amide bonds. The Bertz CT molecular complexity index is 827. The molecule has 1 aromatic heterocycles. The smallest absolute Gasteiger partial charge is 0.273 e. The number of amides is 2. The number of aryl methyl sites for hydroxylation is 1.